The van der Waals surface area contributed by atoms with E-state index < -0.39 is 33.8 Å². The summed E-state index contributed by atoms with van der Waals surface area (Å²) < 4.78 is 0. The number of hydrogen-bond donors (Lipinski definition) is 2. The molecule has 132 valence electrons. The quantitative estimate of drug-likeness (QED) is 0.368. The summed E-state index contributed by atoms with van der Waals surface area (Å²) in [6.07, 6.45) is 4.80. The number of hydrazone groups is 1. The molecule has 1 aliphatic carbocycles. The largest absolute Gasteiger partial charge is 0.502 e. The first-order chi connectivity index (χ1) is 11.8. The van der Waals surface area contributed by atoms with E-state index in [0.717, 1.165) is 31.5 Å². The van der Waals surface area contributed by atoms with E-state index in [1.807, 2.05) is 0 Å². The highest BCUT2D eigenvalue weighted by molar-refractivity contribution is 6.31. The number of rotatable bonds is 3. The second-order valence-corrected chi connectivity index (χ2v) is 6.49. The molecule has 0 radical (unpaired) electrons. The summed E-state index contributed by atoms with van der Waals surface area (Å²) in [5.74, 6) is -1.10. The Morgan fingerprint density at radius 2 is 2.00 bits per heavy atom. The molecule has 1 spiro atoms. The van der Waals surface area contributed by atoms with Gasteiger partial charge in [-0.25, -0.2) is 4.79 Å². The molecular formula is C15H15ClN4O5. The maximum Gasteiger partial charge on any atom is 0.346 e. The molecule has 25 heavy (non-hydrogen) atoms. The van der Waals surface area contributed by atoms with Crippen LogP contribution in [0.4, 0.5) is 10.5 Å². The molecule has 0 bridgehead atoms. The summed E-state index contributed by atoms with van der Waals surface area (Å²) >= 11 is 5.80. The van der Waals surface area contributed by atoms with E-state index in [4.69, 9.17) is 11.6 Å². The van der Waals surface area contributed by atoms with Crippen molar-refractivity contribution in [2.24, 2.45) is 5.10 Å². The average Bonchev–Trinajstić information content (AvgIpc) is 2.79. The third kappa shape index (κ3) is 3.02. The molecule has 1 saturated carbocycles. The topological polar surface area (TPSA) is 125 Å². The summed E-state index contributed by atoms with van der Waals surface area (Å²) in [5.41, 5.74) is -1.58. The number of amides is 3. The molecular weight excluding hydrogens is 352 g/mol. The molecule has 9 nitrogen and oxygen atoms in total. The van der Waals surface area contributed by atoms with Gasteiger partial charge < -0.3 is 10.4 Å². The van der Waals surface area contributed by atoms with E-state index in [9.17, 15) is 24.8 Å². The number of nitrogens with one attached hydrogen (secondary N) is 1. The van der Waals surface area contributed by atoms with Crippen LogP contribution in [-0.4, -0.2) is 38.7 Å². The number of carbonyl (C=O) groups excluding carboxylic acids is 2. The first-order valence-corrected chi connectivity index (χ1v) is 8.09. The Morgan fingerprint density at radius 3 is 2.64 bits per heavy atom. The molecule has 1 saturated heterocycles. The monoisotopic (exact) mass is 366 g/mol. The van der Waals surface area contributed by atoms with Gasteiger partial charge in [0.25, 0.3) is 5.91 Å². The Hall–Kier alpha value is -2.68. The highest BCUT2D eigenvalue weighted by Crippen LogP contribution is 2.35. The third-order valence-corrected chi connectivity index (χ3v) is 4.66. The molecule has 1 heterocycles. The van der Waals surface area contributed by atoms with Crippen molar-refractivity contribution in [2.75, 3.05) is 0 Å². The Kier molecular flexibility index (Phi) is 4.34. The molecule has 3 rings (SSSR count). The average molecular weight is 367 g/mol. The van der Waals surface area contributed by atoms with Crippen LogP contribution in [0.25, 0.3) is 0 Å². The third-order valence-electron chi connectivity index (χ3n) is 4.44. The van der Waals surface area contributed by atoms with E-state index >= 15 is 0 Å². The molecule has 2 fully saturated rings. The minimum Gasteiger partial charge on any atom is -0.502 e. The predicted molar refractivity (Wildman–Crippen MR) is 88.6 cm³/mol. The maximum absolute atomic E-state index is 12.6. The van der Waals surface area contributed by atoms with Gasteiger partial charge in [0, 0.05) is 16.7 Å². The van der Waals surface area contributed by atoms with Gasteiger partial charge >= 0.3 is 11.7 Å². The summed E-state index contributed by atoms with van der Waals surface area (Å²) in [4.78, 5) is 34.8. The predicted octanol–water partition coefficient (Wildman–Crippen LogP) is 2.54. The van der Waals surface area contributed by atoms with Crippen LogP contribution in [-0.2, 0) is 4.79 Å². The first-order valence-electron chi connectivity index (χ1n) is 7.72. The number of carbonyl (C=O) groups is 2. The Bertz CT molecular complexity index is 788. The molecule has 0 atom stereocenters. The maximum atomic E-state index is 12.6. The van der Waals surface area contributed by atoms with Crippen molar-refractivity contribution in [2.45, 2.75) is 37.6 Å². The van der Waals surface area contributed by atoms with Crippen molar-refractivity contribution in [1.29, 1.82) is 0 Å². The van der Waals surface area contributed by atoms with Crippen LogP contribution < -0.4 is 5.32 Å². The van der Waals surface area contributed by atoms with Crippen molar-refractivity contribution in [1.82, 2.24) is 10.3 Å². The fourth-order valence-electron chi connectivity index (χ4n) is 3.17. The van der Waals surface area contributed by atoms with Gasteiger partial charge in [-0.1, -0.05) is 30.9 Å². The van der Waals surface area contributed by atoms with Crippen LogP contribution >= 0.6 is 11.6 Å². The zero-order chi connectivity index (χ0) is 18.2. The molecule has 10 heteroatoms. The van der Waals surface area contributed by atoms with Gasteiger partial charge in [-0.2, -0.15) is 5.10 Å². The Labute approximate surface area is 147 Å². The van der Waals surface area contributed by atoms with Gasteiger partial charge in [0.05, 0.1) is 11.1 Å². The molecule has 2 aliphatic rings. The number of nitro benzene ring substituents is 1. The van der Waals surface area contributed by atoms with Crippen LogP contribution in [0.15, 0.2) is 17.2 Å². The number of aromatic hydroxyl groups is 1. The summed E-state index contributed by atoms with van der Waals surface area (Å²) in [5, 5.41) is 28.1. The number of nitro groups is 1. The molecule has 3 amide bonds. The minimum absolute atomic E-state index is 0.0203. The zero-order valence-electron chi connectivity index (χ0n) is 13.1. The lowest BCUT2D eigenvalue weighted by Gasteiger charge is -2.29. The number of urea groups is 1. The first kappa shape index (κ1) is 17.2. The highest BCUT2D eigenvalue weighted by Gasteiger charge is 2.51. The summed E-state index contributed by atoms with van der Waals surface area (Å²) in [6.45, 7) is 0. The fourth-order valence-corrected chi connectivity index (χ4v) is 3.39. The van der Waals surface area contributed by atoms with Gasteiger partial charge in [-0.05, 0) is 18.9 Å². The van der Waals surface area contributed by atoms with E-state index in [1.165, 1.54) is 6.07 Å². The molecule has 0 aromatic heterocycles. The number of phenolic OH excluding ortho intramolecular Hbond substituents is 1. The van der Waals surface area contributed by atoms with Gasteiger partial charge in [0.2, 0.25) is 5.75 Å². The standard InChI is InChI=1S/C15H15ClN4O5/c16-10-6-9(12(21)11(7-10)20(24)25)8-17-19-13(22)15(18-14(19)23)4-2-1-3-5-15/h6-8,21H,1-5H2,(H,18,23)/b17-8+. The van der Waals surface area contributed by atoms with Gasteiger partial charge in [-0.3, -0.25) is 14.9 Å². The number of benzene rings is 1. The Balaban J connectivity index is 1.89. The van der Waals surface area contributed by atoms with Crippen molar-refractivity contribution >= 4 is 35.4 Å². The number of phenols is 1. The molecule has 1 aromatic carbocycles. The van der Waals surface area contributed by atoms with E-state index in [1.54, 1.807) is 0 Å². The minimum atomic E-state index is -0.922. The number of halogens is 1. The van der Waals surface area contributed by atoms with Gasteiger partial charge in [-0.15, -0.1) is 5.01 Å². The number of hydrogen-bond acceptors (Lipinski definition) is 6. The zero-order valence-corrected chi connectivity index (χ0v) is 13.8. The van der Waals surface area contributed by atoms with Crippen LogP contribution in [0.1, 0.15) is 37.7 Å². The lowest BCUT2D eigenvalue weighted by molar-refractivity contribution is -0.385. The van der Waals surface area contributed by atoms with E-state index in [-0.39, 0.29) is 10.6 Å². The number of nitrogens with zero attached hydrogens (tertiary/aromatic N) is 3. The summed E-state index contributed by atoms with van der Waals surface area (Å²) in [6, 6.07) is 1.60. The SMILES string of the molecule is O=C1NC2(CCCCC2)C(=O)N1/N=C/c1cc(Cl)cc([N+](=O)[O-])c1O. The second-order valence-electron chi connectivity index (χ2n) is 6.05. The van der Waals surface area contributed by atoms with Crippen LogP contribution in [0.2, 0.25) is 5.02 Å². The summed E-state index contributed by atoms with van der Waals surface area (Å²) in [7, 11) is 0. The van der Waals surface area contributed by atoms with Crippen LogP contribution in [0.5, 0.6) is 5.75 Å². The Morgan fingerprint density at radius 1 is 1.32 bits per heavy atom. The van der Waals surface area contributed by atoms with Crippen LogP contribution in [0.3, 0.4) is 0 Å². The number of imide groups is 1. The smallest absolute Gasteiger partial charge is 0.346 e. The van der Waals surface area contributed by atoms with E-state index in [2.05, 4.69) is 10.4 Å². The fraction of sp³-hybridized carbons (Fsp3) is 0.400. The van der Waals surface area contributed by atoms with Crippen molar-refractivity contribution < 1.29 is 19.6 Å². The van der Waals surface area contributed by atoms with Crippen molar-refractivity contribution in [3.8, 4) is 5.75 Å². The van der Waals surface area contributed by atoms with Crippen LogP contribution in [0, 0.1) is 10.1 Å². The van der Waals surface area contributed by atoms with Gasteiger partial charge in [0.15, 0.2) is 0 Å². The lowest BCUT2D eigenvalue weighted by atomic mass is 9.82. The van der Waals surface area contributed by atoms with E-state index in [0.29, 0.717) is 17.9 Å². The second kappa shape index (κ2) is 6.32. The molecule has 1 aliphatic heterocycles. The highest BCUT2D eigenvalue weighted by atomic mass is 35.5. The van der Waals surface area contributed by atoms with Gasteiger partial charge in [0.1, 0.15) is 5.54 Å². The normalized spacial score (nSPS) is 19.6. The molecule has 2 N–H and O–H groups in total. The van der Waals surface area contributed by atoms with Crippen molar-refractivity contribution in [3.05, 3.63) is 32.8 Å². The molecule has 0 unspecified atom stereocenters. The lowest BCUT2D eigenvalue weighted by Crippen LogP contribution is -2.48. The molecule has 1 aromatic rings. The van der Waals surface area contributed by atoms with Crippen molar-refractivity contribution in [3.63, 3.8) is 0 Å².